The van der Waals surface area contributed by atoms with E-state index in [2.05, 4.69) is 12.2 Å². The van der Waals surface area contributed by atoms with Crippen LogP contribution in [-0.2, 0) is 6.42 Å². The Balaban J connectivity index is 1.83. The first-order chi connectivity index (χ1) is 8.66. The van der Waals surface area contributed by atoms with Gasteiger partial charge < -0.3 is 11.1 Å². The third-order valence-electron chi connectivity index (χ3n) is 4.12. The Labute approximate surface area is 109 Å². The molecule has 2 nitrogen and oxygen atoms in total. The van der Waals surface area contributed by atoms with Gasteiger partial charge in [0.15, 0.2) is 0 Å². The van der Waals surface area contributed by atoms with Gasteiger partial charge in [0.05, 0.1) is 0 Å². The number of hydrogen-bond donors (Lipinski definition) is 2. The summed E-state index contributed by atoms with van der Waals surface area (Å²) in [7, 11) is 0. The van der Waals surface area contributed by atoms with E-state index in [1.165, 1.54) is 24.1 Å². The van der Waals surface area contributed by atoms with Gasteiger partial charge in [0, 0.05) is 6.04 Å². The number of benzene rings is 1. The van der Waals surface area contributed by atoms with E-state index in [4.69, 9.17) is 5.73 Å². The van der Waals surface area contributed by atoms with Crippen LogP contribution in [0.1, 0.15) is 25.3 Å². The number of nitrogens with one attached hydrogen (secondary N) is 1. The minimum absolute atomic E-state index is 0.173. The standard InChI is InChI=1S/C15H23FN2/c1-11-8-9-18-10-14(11)15(17)7-4-12-2-5-13(16)6-3-12/h2-3,5-6,11,14-15,18H,4,7-10,17H2,1H3. The minimum atomic E-state index is -0.173. The quantitative estimate of drug-likeness (QED) is 0.860. The third-order valence-corrected chi connectivity index (χ3v) is 4.12. The second-order valence-electron chi connectivity index (χ2n) is 5.46. The van der Waals surface area contributed by atoms with Gasteiger partial charge in [-0.2, -0.15) is 0 Å². The van der Waals surface area contributed by atoms with Crippen molar-refractivity contribution in [3.63, 3.8) is 0 Å². The molecular formula is C15H23FN2. The second kappa shape index (κ2) is 6.30. The molecule has 3 unspecified atom stereocenters. The molecule has 1 aliphatic heterocycles. The van der Waals surface area contributed by atoms with Crippen molar-refractivity contribution in [3.05, 3.63) is 35.6 Å². The molecule has 2 rings (SSSR count). The summed E-state index contributed by atoms with van der Waals surface area (Å²) >= 11 is 0. The van der Waals surface area contributed by atoms with Gasteiger partial charge in [0.2, 0.25) is 0 Å². The first kappa shape index (κ1) is 13.5. The Bertz CT molecular complexity index is 363. The zero-order chi connectivity index (χ0) is 13.0. The normalized spacial score (nSPS) is 25.9. The maximum atomic E-state index is 12.8. The van der Waals surface area contributed by atoms with Gasteiger partial charge in [-0.05, 0) is 61.9 Å². The lowest BCUT2D eigenvalue weighted by molar-refractivity contribution is 0.227. The maximum absolute atomic E-state index is 12.8. The topological polar surface area (TPSA) is 38.0 Å². The first-order valence-electron chi connectivity index (χ1n) is 6.87. The summed E-state index contributed by atoms with van der Waals surface area (Å²) in [4.78, 5) is 0. The monoisotopic (exact) mass is 250 g/mol. The van der Waals surface area contributed by atoms with Crippen molar-refractivity contribution in [2.75, 3.05) is 13.1 Å². The second-order valence-corrected chi connectivity index (χ2v) is 5.46. The van der Waals surface area contributed by atoms with E-state index in [0.29, 0.717) is 11.8 Å². The van der Waals surface area contributed by atoms with Crippen molar-refractivity contribution < 1.29 is 4.39 Å². The highest BCUT2D eigenvalue weighted by Crippen LogP contribution is 2.23. The molecule has 1 fully saturated rings. The molecule has 0 saturated carbocycles. The molecule has 3 N–H and O–H groups in total. The average Bonchev–Trinajstić information content (AvgIpc) is 2.38. The number of aryl methyl sites for hydroxylation is 1. The van der Waals surface area contributed by atoms with Crippen LogP contribution in [0, 0.1) is 17.7 Å². The van der Waals surface area contributed by atoms with Crippen molar-refractivity contribution in [1.29, 1.82) is 0 Å². The van der Waals surface area contributed by atoms with E-state index in [-0.39, 0.29) is 11.9 Å². The number of hydrogen-bond acceptors (Lipinski definition) is 2. The van der Waals surface area contributed by atoms with Crippen molar-refractivity contribution in [2.24, 2.45) is 17.6 Å². The molecule has 1 aromatic rings. The van der Waals surface area contributed by atoms with Crippen LogP contribution < -0.4 is 11.1 Å². The zero-order valence-corrected chi connectivity index (χ0v) is 11.0. The summed E-state index contributed by atoms with van der Waals surface area (Å²) in [6.45, 7) is 4.44. The van der Waals surface area contributed by atoms with Gasteiger partial charge in [-0.25, -0.2) is 4.39 Å². The van der Waals surface area contributed by atoms with Gasteiger partial charge in [0.25, 0.3) is 0 Å². The first-order valence-corrected chi connectivity index (χ1v) is 6.87. The molecule has 0 aromatic heterocycles. The van der Waals surface area contributed by atoms with Crippen LogP contribution in [0.5, 0.6) is 0 Å². The van der Waals surface area contributed by atoms with Gasteiger partial charge in [-0.1, -0.05) is 19.1 Å². The Morgan fingerprint density at radius 3 is 2.78 bits per heavy atom. The average molecular weight is 250 g/mol. The molecule has 3 atom stereocenters. The van der Waals surface area contributed by atoms with Crippen LogP contribution in [0.25, 0.3) is 0 Å². The predicted octanol–water partition coefficient (Wildman–Crippen LogP) is 2.33. The maximum Gasteiger partial charge on any atom is 0.123 e. The lowest BCUT2D eigenvalue weighted by atomic mass is 9.81. The highest BCUT2D eigenvalue weighted by Gasteiger charge is 2.26. The molecule has 0 bridgehead atoms. The number of rotatable bonds is 4. The lowest BCUT2D eigenvalue weighted by Crippen LogP contribution is -2.45. The summed E-state index contributed by atoms with van der Waals surface area (Å²) < 4.78 is 12.8. The Kier molecular flexibility index (Phi) is 4.72. The van der Waals surface area contributed by atoms with Crippen LogP contribution in [-0.4, -0.2) is 19.1 Å². The van der Waals surface area contributed by atoms with Crippen LogP contribution in [0.15, 0.2) is 24.3 Å². The van der Waals surface area contributed by atoms with Crippen molar-refractivity contribution in [3.8, 4) is 0 Å². The van der Waals surface area contributed by atoms with Crippen molar-refractivity contribution in [1.82, 2.24) is 5.32 Å². The Morgan fingerprint density at radius 1 is 1.39 bits per heavy atom. The van der Waals surface area contributed by atoms with E-state index in [1.807, 2.05) is 12.1 Å². The molecule has 1 saturated heterocycles. The van der Waals surface area contributed by atoms with Gasteiger partial charge in [0.1, 0.15) is 5.82 Å². The van der Waals surface area contributed by atoms with Gasteiger partial charge in [-0.15, -0.1) is 0 Å². The molecule has 0 radical (unpaired) electrons. The van der Waals surface area contributed by atoms with Gasteiger partial charge >= 0.3 is 0 Å². The number of piperidine rings is 1. The van der Waals surface area contributed by atoms with Crippen molar-refractivity contribution in [2.45, 2.75) is 32.2 Å². The summed E-state index contributed by atoms with van der Waals surface area (Å²) in [6.07, 6.45) is 3.13. The summed E-state index contributed by atoms with van der Waals surface area (Å²) in [5, 5.41) is 3.42. The highest BCUT2D eigenvalue weighted by atomic mass is 19.1. The van der Waals surface area contributed by atoms with Crippen LogP contribution in [0.2, 0.25) is 0 Å². The summed E-state index contributed by atoms with van der Waals surface area (Å²) in [6, 6.07) is 6.98. The smallest absolute Gasteiger partial charge is 0.123 e. The molecule has 1 aromatic carbocycles. The number of halogens is 1. The van der Waals surface area contributed by atoms with Gasteiger partial charge in [-0.3, -0.25) is 0 Å². The summed E-state index contributed by atoms with van der Waals surface area (Å²) in [5.74, 6) is 1.10. The van der Waals surface area contributed by atoms with E-state index in [1.54, 1.807) is 0 Å². The summed E-state index contributed by atoms with van der Waals surface area (Å²) in [5.41, 5.74) is 7.47. The molecular weight excluding hydrogens is 227 g/mol. The van der Waals surface area contributed by atoms with E-state index in [9.17, 15) is 4.39 Å². The lowest BCUT2D eigenvalue weighted by Gasteiger charge is -2.34. The minimum Gasteiger partial charge on any atom is -0.327 e. The molecule has 100 valence electrons. The van der Waals surface area contributed by atoms with E-state index >= 15 is 0 Å². The molecule has 0 amide bonds. The SMILES string of the molecule is CC1CCNCC1C(N)CCc1ccc(F)cc1. The Morgan fingerprint density at radius 2 is 2.11 bits per heavy atom. The fourth-order valence-electron chi connectivity index (χ4n) is 2.79. The molecule has 18 heavy (non-hydrogen) atoms. The fraction of sp³-hybridized carbons (Fsp3) is 0.600. The molecule has 1 aliphatic rings. The van der Waals surface area contributed by atoms with Crippen LogP contribution in [0.3, 0.4) is 0 Å². The molecule has 0 spiro atoms. The van der Waals surface area contributed by atoms with E-state index in [0.717, 1.165) is 25.9 Å². The molecule has 3 heteroatoms. The highest BCUT2D eigenvalue weighted by molar-refractivity contribution is 5.16. The van der Waals surface area contributed by atoms with E-state index < -0.39 is 0 Å². The van der Waals surface area contributed by atoms with Crippen LogP contribution >= 0.6 is 0 Å². The largest absolute Gasteiger partial charge is 0.327 e. The fourth-order valence-corrected chi connectivity index (χ4v) is 2.79. The Hall–Kier alpha value is -0.930. The predicted molar refractivity (Wildman–Crippen MR) is 72.8 cm³/mol. The third kappa shape index (κ3) is 3.53. The van der Waals surface area contributed by atoms with Crippen LogP contribution in [0.4, 0.5) is 4.39 Å². The molecule has 1 heterocycles. The van der Waals surface area contributed by atoms with Crippen molar-refractivity contribution >= 4 is 0 Å². The molecule has 0 aliphatic carbocycles. The number of nitrogens with two attached hydrogens (primary N) is 1. The zero-order valence-electron chi connectivity index (χ0n) is 11.0.